The van der Waals surface area contributed by atoms with Crippen LogP contribution in [0.1, 0.15) is 31.4 Å². The largest absolute Gasteiger partial charge is 0.490 e. The number of nitrogens with one attached hydrogen (secondary N) is 1. The second kappa shape index (κ2) is 10.6. The van der Waals surface area contributed by atoms with Crippen molar-refractivity contribution < 1.29 is 19.2 Å². The number of hydrogen-bond donors (Lipinski definition) is 2. The van der Waals surface area contributed by atoms with Crippen molar-refractivity contribution in [3.63, 3.8) is 0 Å². The van der Waals surface area contributed by atoms with E-state index in [1.54, 1.807) is 37.3 Å². The Bertz CT molecular complexity index is 881. The second-order valence-electron chi connectivity index (χ2n) is 6.12. The van der Waals surface area contributed by atoms with Crippen molar-refractivity contribution >= 4 is 23.5 Å². The topological polar surface area (TPSA) is 129 Å². The standard InChI is InChI=1S/C20H24N4O5/c1-3-9-29-20-17(24(26)27)10-15(11-18(20)28-4-2)13-22-23-19(25)12-14-5-7-16(21)8-6-14/h5-8,10-11,13H,3-4,9,12,21H2,1-2H3,(H,23,25)/b22-13-. The summed E-state index contributed by atoms with van der Waals surface area (Å²) in [6, 6.07) is 9.84. The number of amides is 1. The molecule has 0 aliphatic heterocycles. The van der Waals surface area contributed by atoms with Gasteiger partial charge in [-0.25, -0.2) is 5.43 Å². The highest BCUT2D eigenvalue weighted by Crippen LogP contribution is 2.38. The number of nitro benzene ring substituents is 1. The molecule has 9 nitrogen and oxygen atoms in total. The number of carbonyl (C=O) groups excluding carboxylic acids is 1. The van der Waals surface area contributed by atoms with Gasteiger partial charge >= 0.3 is 5.69 Å². The number of rotatable bonds is 10. The third-order valence-corrected chi connectivity index (χ3v) is 3.75. The molecule has 0 spiro atoms. The number of nitrogen functional groups attached to an aromatic ring is 1. The molecule has 0 atom stereocenters. The van der Waals surface area contributed by atoms with E-state index in [1.807, 2.05) is 6.92 Å². The third-order valence-electron chi connectivity index (χ3n) is 3.75. The van der Waals surface area contributed by atoms with Crippen LogP contribution in [-0.2, 0) is 11.2 Å². The first kappa shape index (κ1) is 21.7. The number of anilines is 1. The zero-order chi connectivity index (χ0) is 21.2. The first-order valence-electron chi connectivity index (χ1n) is 9.19. The van der Waals surface area contributed by atoms with E-state index >= 15 is 0 Å². The number of nitro groups is 1. The molecular formula is C20H24N4O5. The van der Waals surface area contributed by atoms with Gasteiger partial charge in [0.25, 0.3) is 0 Å². The molecule has 2 aromatic rings. The fraction of sp³-hybridized carbons (Fsp3) is 0.300. The van der Waals surface area contributed by atoms with Gasteiger partial charge in [-0.2, -0.15) is 5.10 Å². The summed E-state index contributed by atoms with van der Waals surface area (Å²) in [5.74, 6) is 0.0153. The molecule has 0 aliphatic rings. The SMILES string of the molecule is CCCOc1c(OCC)cc(/C=N\NC(=O)Cc2ccc(N)cc2)cc1[N+](=O)[O-]. The molecule has 2 rings (SSSR count). The van der Waals surface area contributed by atoms with Gasteiger partial charge < -0.3 is 15.2 Å². The lowest BCUT2D eigenvalue weighted by molar-refractivity contribution is -0.386. The molecule has 3 N–H and O–H groups in total. The van der Waals surface area contributed by atoms with E-state index in [-0.39, 0.29) is 29.5 Å². The summed E-state index contributed by atoms with van der Waals surface area (Å²) in [7, 11) is 0. The van der Waals surface area contributed by atoms with E-state index in [4.69, 9.17) is 15.2 Å². The zero-order valence-electron chi connectivity index (χ0n) is 16.4. The fourth-order valence-corrected chi connectivity index (χ4v) is 2.47. The first-order chi connectivity index (χ1) is 13.9. The molecule has 2 aromatic carbocycles. The maximum absolute atomic E-state index is 12.0. The molecular weight excluding hydrogens is 376 g/mol. The van der Waals surface area contributed by atoms with Crippen molar-refractivity contribution in [1.82, 2.24) is 5.43 Å². The van der Waals surface area contributed by atoms with Crippen LogP contribution < -0.4 is 20.6 Å². The molecule has 0 aromatic heterocycles. The zero-order valence-corrected chi connectivity index (χ0v) is 16.4. The molecule has 9 heteroatoms. The maximum atomic E-state index is 12.0. The van der Waals surface area contributed by atoms with Crippen molar-refractivity contribution in [1.29, 1.82) is 0 Å². The lowest BCUT2D eigenvalue weighted by atomic mass is 10.1. The summed E-state index contributed by atoms with van der Waals surface area (Å²) in [5, 5.41) is 15.3. The van der Waals surface area contributed by atoms with Crippen molar-refractivity contribution in [2.24, 2.45) is 5.10 Å². The average molecular weight is 400 g/mol. The normalized spacial score (nSPS) is 10.7. The number of hydrazone groups is 1. The number of ether oxygens (including phenoxy) is 2. The monoisotopic (exact) mass is 400 g/mol. The van der Waals surface area contributed by atoms with Gasteiger partial charge in [0.1, 0.15) is 0 Å². The molecule has 29 heavy (non-hydrogen) atoms. The van der Waals surface area contributed by atoms with Gasteiger partial charge in [0, 0.05) is 17.3 Å². The smallest absolute Gasteiger partial charge is 0.315 e. The number of carbonyl (C=O) groups is 1. The first-order valence-corrected chi connectivity index (χ1v) is 9.19. The van der Waals surface area contributed by atoms with E-state index < -0.39 is 4.92 Å². The Hall–Kier alpha value is -3.62. The van der Waals surface area contributed by atoms with Crippen molar-refractivity contribution in [2.45, 2.75) is 26.7 Å². The van der Waals surface area contributed by atoms with Crippen LogP contribution in [0.2, 0.25) is 0 Å². The molecule has 154 valence electrons. The van der Waals surface area contributed by atoms with Crippen LogP contribution in [0.4, 0.5) is 11.4 Å². The summed E-state index contributed by atoms with van der Waals surface area (Å²) in [6.07, 6.45) is 2.15. The van der Waals surface area contributed by atoms with Gasteiger partial charge in [0.15, 0.2) is 5.75 Å². The highest BCUT2D eigenvalue weighted by atomic mass is 16.6. The molecule has 0 radical (unpaired) electrons. The predicted molar refractivity (Wildman–Crippen MR) is 110 cm³/mol. The van der Waals surface area contributed by atoms with Gasteiger partial charge in [-0.05, 0) is 37.1 Å². The minimum Gasteiger partial charge on any atom is -0.490 e. The quantitative estimate of drug-likeness (QED) is 0.273. The number of hydrogen-bond acceptors (Lipinski definition) is 7. The minimum absolute atomic E-state index is 0.0863. The van der Waals surface area contributed by atoms with Gasteiger partial charge in [0.05, 0.1) is 30.8 Å². The Balaban J connectivity index is 2.14. The molecule has 0 saturated carbocycles. The summed E-state index contributed by atoms with van der Waals surface area (Å²) in [6.45, 7) is 4.32. The summed E-state index contributed by atoms with van der Waals surface area (Å²) in [5.41, 5.74) is 9.60. The molecule has 0 fully saturated rings. The van der Waals surface area contributed by atoms with Crippen LogP contribution in [0, 0.1) is 10.1 Å². The lowest BCUT2D eigenvalue weighted by Crippen LogP contribution is -2.19. The van der Waals surface area contributed by atoms with Crippen LogP contribution >= 0.6 is 0 Å². The van der Waals surface area contributed by atoms with Crippen LogP contribution in [0.5, 0.6) is 11.5 Å². The van der Waals surface area contributed by atoms with Crippen LogP contribution in [0.3, 0.4) is 0 Å². The highest BCUT2D eigenvalue weighted by Gasteiger charge is 2.22. The summed E-state index contributed by atoms with van der Waals surface area (Å²) >= 11 is 0. The van der Waals surface area contributed by atoms with E-state index in [0.717, 1.165) is 5.56 Å². The van der Waals surface area contributed by atoms with Crippen LogP contribution in [-0.4, -0.2) is 30.3 Å². The van der Waals surface area contributed by atoms with Crippen molar-refractivity contribution in [2.75, 3.05) is 18.9 Å². The number of benzene rings is 2. The second-order valence-corrected chi connectivity index (χ2v) is 6.12. The van der Waals surface area contributed by atoms with E-state index in [2.05, 4.69) is 10.5 Å². The molecule has 0 heterocycles. The Labute approximate surface area is 168 Å². The third kappa shape index (κ3) is 6.49. The molecule has 0 aliphatic carbocycles. The molecule has 0 bridgehead atoms. The highest BCUT2D eigenvalue weighted by molar-refractivity contribution is 5.85. The Morgan fingerprint density at radius 3 is 2.59 bits per heavy atom. The summed E-state index contributed by atoms with van der Waals surface area (Å²) < 4.78 is 11.0. The van der Waals surface area contributed by atoms with Crippen LogP contribution in [0.25, 0.3) is 0 Å². The minimum atomic E-state index is -0.537. The van der Waals surface area contributed by atoms with E-state index in [9.17, 15) is 14.9 Å². The molecule has 1 amide bonds. The van der Waals surface area contributed by atoms with Crippen LogP contribution in [0.15, 0.2) is 41.5 Å². The fourth-order valence-electron chi connectivity index (χ4n) is 2.47. The number of nitrogens with two attached hydrogens (primary N) is 1. The molecule has 0 saturated heterocycles. The Morgan fingerprint density at radius 2 is 1.97 bits per heavy atom. The van der Waals surface area contributed by atoms with Crippen molar-refractivity contribution in [3.05, 3.63) is 57.6 Å². The number of nitrogens with zero attached hydrogens (tertiary/aromatic N) is 2. The summed E-state index contributed by atoms with van der Waals surface area (Å²) in [4.78, 5) is 22.9. The average Bonchev–Trinajstić information content (AvgIpc) is 2.68. The lowest BCUT2D eigenvalue weighted by Gasteiger charge is -2.12. The molecule has 0 unspecified atom stereocenters. The van der Waals surface area contributed by atoms with E-state index in [0.29, 0.717) is 30.9 Å². The van der Waals surface area contributed by atoms with Gasteiger partial charge in [-0.15, -0.1) is 0 Å². The maximum Gasteiger partial charge on any atom is 0.315 e. The Kier molecular flexibility index (Phi) is 7.96. The van der Waals surface area contributed by atoms with Gasteiger partial charge in [0.2, 0.25) is 11.7 Å². The van der Waals surface area contributed by atoms with Crippen molar-refractivity contribution in [3.8, 4) is 11.5 Å². The predicted octanol–water partition coefficient (Wildman–Crippen LogP) is 3.06. The van der Waals surface area contributed by atoms with Gasteiger partial charge in [-0.1, -0.05) is 19.1 Å². The van der Waals surface area contributed by atoms with E-state index in [1.165, 1.54) is 12.3 Å². The Morgan fingerprint density at radius 1 is 1.24 bits per heavy atom. The van der Waals surface area contributed by atoms with Gasteiger partial charge in [-0.3, -0.25) is 14.9 Å².